The zero-order valence-corrected chi connectivity index (χ0v) is 13.0. The van der Waals surface area contributed by atoms with Crippen molar-refractivity contribution in [1.29, 1.82) is 0 Å². The summed E-state index contributed by atoms with van der Waals surface area (Å²) in [5, 5.41) is 0.971. The lowest BCUT2D eigenvalue weighted by atomic mass is 9.97. The van der Waals surface area contributed by atoms with E-state index in [0.29, 0.717) is 5.56 Å². The molecule has 1 aliphatic rings. The zero-order valence-electron chi connectivity index (χ0n) is 13.0. The molecule has 0 fully saturated rings. The molecular formula is C19H17N3O. The van der Waals surface area contributed by atoms with Crippen molar-refractivity contribution in [2.75, 3.05) is 0 Å². The van der Waals surface area contributed by atoms with Crippen LogP contribution in [0.3, 0.4) is 0 Å². The predicted octanol–water partition coefficient (Wildman–Crippen LogP) is 3.24. The molecule has 23 heavy (non-hydrogen) atoms. The third-order valence-corrected chi connectivity index (χ3v) is 4.04. The maximum atomic E-state index is 12.2. The molecule has 1 aromatic carbocycles. The third-order valence-electron chi connectivity index (χ3n) is 4.04. The quantitative estimate of drug-likeness (QED) is 0.526. The standard InChI is InChI=1S/C19H17N3O/c1-3-17(20)22-19(23)14-10-12(2)18-16(11-14)15(8-9-21-18)13-6-4-5-7-13/h1,6,8-11H,4-5,7H2,2H3,(H2,20,22,23). The summed E-state index contributed by atoms with van der Waals surface area (Å²) in [6.45, 7) is 1.94. The molecule has 0 bridgehead atoms. The van der Waals surface area contributed by atoms with Gasteiger partial charge in [-0.2, -0.15) is 4.99 Å². The van der Waals surface area contributed by atoms with E-state index in [9.17, 15) is 4.79 Å². The number of nitrogens with two attached hydrogens (primary N) is 1. The van der Waals surface area contributed by atoms with Gasteiger partial charge in [-0.3, -0.25) is 9.78 Å². The first kappa shape index (κ1) is 15.0. The summed E-state index contributed by atoms with van der Waals surface area (Å²) in [6.07, 6.45) is 12.5. The second-order valence-electron chi connectivity index (χ2n) is 5.62. The van der Waals surface area contributed by atoms with E-state index in [1.165, 1.54) is 12.0 Å². The van der Waals surface area contributed by atoms with Gasteiger partial charge in [0.15, 0.2) is 5.84 Å². The van der Waals surface area contributed by atoms with E-state index in [1.54, 1.807) is 6.07 Å². The molecule has 1 amide bonds. The maximum Gasteiger partial charge on any atom is 0.279 e. The Kier molecular flexibility index (Phi) is 3.94. The van der Waals surface area contributed by atoms with E-state index in [1.807, 2.05) is 25.3 Å². The van der Waals surface area contributed by atoms with E-state index in [0.717, 1.165) is 34.9 Å². The number of fused-ring (bicyclic) bond motifs is 1. The minimum Gasteiger partial charge on any atom is -0.376 e. The normalized spacial score (nSPS) is 14.6. The number of nitrogens with zero attached hydrogens (tertiary/aromatic N) is 2. The Balaban J connectivity index is 2.18. The van der Waals surface area contributed by atoms with Crippen LogP contribution in [0.5, 0.6) is 0 Å². The van der Waals surface area contributed by atoms with E-state index in [2.05, 4.69) is 22.0 Å². The molecule has 1 aliphatic carbocycles. The topological polar surface area (TPSA) is 68.3 Å². The molecule has 4 heteroatoms. The number of carbonyl (C=O) groups excluding carboxylic acids is 1. The Hall–Kier alpha value is -2.93. The molecule has 2 N–H and O–H groups in total. The first-order chi connectivity index (χ1) is 11.1. The van der Waals surface area contributed by atoms with Crippen LogP contribution in [0.2, 0.25) is 0 Å². The number of aryl methyl sites for hydroxylation is 1. The molecule has 0 unspecified atom stereocenters. The van der Waals surface area contributed by atoms with Gasteiger partial charge in [0, 0.05) is 17.1 Å². The van der Waals surface area contributed by atoms with Crippen molar-refractivity contribution in [2.45, 2.75) is 26.2 Å². The predicted molar refractivity (Wildman–Crippen MR) is 93.1 cm³/mol. The van der Waals surface area contributed by atoms with Gasteiger partial charge < -0.3 is 5.73 Å². The minimum absolute atomic E-state index is 0.113. The van der Waals surface area contributed by atoms with Crippen LogP contribution in [0.25, 0.3) is 16.5 Å². The lowest BCUT2D eigenvalue weighted by Crippen LogP contribution is -2.11. The van der Waals surface area contributed by atoms with Crippen molar-refractivity contribution in [3.63, 3.8) is 0 Å². The lowest BCUT2D eigenvalue weighted by molar-refractivity contribution is 0.100. The van der Waals surface area contributed by atoms with Crippen molar-refractivity contribution in [3.05, 3.63) is 47.2 Å². The minimum atomic E-state index is -0.430. The fraction of sp³-hybridized carbons (Fsp3) is 0.211. The largest absolute Gasteiger partial charge is 0.376 e. The molecular weight excluding hydrogens is 286 g/mol. The van der Waals surface area contributed by atoms with Crippen molar-refractivity contribution < 1.29 is 4.79 Å². The monoisotopic (exact) mass is 303 g/mol. The fourth-order valence-corrected chi connectivity index (χ4v) is 2.96. The molecule has 3 rings (SSSR count). The summed E-state index contributed by atoms with van der Waals surface area (Å²) in [5.41, 5.74) is 10.2. The van der Waals surface area contributed by atoms with Crippen LogP contribution in [-0.4, -0.2) is 16.7 Å². The van der Waals surface area contributed by atoms with Gasteiger partial charge >= 0.3 is 0 Å². The highest BCUT2D eigenvalue weighted by atomic mass is 16.1. The number of aromatic nitrogens is 1. The number of amides is 1. The molecule has 0 spiro atoms. The van der Waals surface area contributed by atoms with Crippen molar-refractivity contribution in [2.24, 2.45) is 10.7 Å². The van der Waals surface area contributed by atoms with Gasteiger partial charge in [-0.25, -0.2) is 0 Å². The Bertz CT molecular complexity index is 901. The summed E-state index contributed by atoms with van der Waals surface area (Å²) in [7, 11) is 0. The van der Waals surface area contributed by atoms with Crippen LogP contribution < -0.4 is 5.73 Å². The lowest BCUT2D eigenvalue weighted by Gasteiger charge is -2.10. The summed E-state index contributed by atoms with van der Waals surface area (Å²) in [6, 6.07) is 5.61. The van der Waals surface area contributed by atoms with Crippen LogP contribution in [0.4, 0.5) is 0 Å². The number of aliphatic imine (C=N–C) groups is 1. The van der Waals surface area contributed by atoms with Crippen LogP contribution in [0, 0.1) is 19.3 Å². The van der Waals surface area contributed by atoms with Gasteiger partial charge in [0.2, 0.25) is 0 Å². The van der Waals surface area contributed by atoms with Crippen molar-refractivity contribution >= 4 is 28.2 Å². The number of allylic oxidation sites excluding steroid dienone is 2. The fourth-order valence-electron chi connectivity index (χ4n) is 2.96. The SMILES string of the molecule is C#C/C(N)=N\C(=O)c1cc(C)c2nccc(C3=CCCC3)c2c1. The first-order valence-corrected chi connectivity index (χ1v) is 7.54. The molecule has 0 saturated heterocycles. The highest BCUT2D eigenvalue weighted by Gasteiger charge is 2.15. The van der Waals surface area contributed by atoms with Crippen LogP contribution in [0.1, 0.15) is 40.7 Å². The zero-order chi connectivity index (χ0) is 16.4. The van der Waals surface area contributed by atoms with Crippen LogP contribution in [-0.2, 0) is 0 Å². The Labute approximate surface area is 135 Å². The van der Waals surface area contributed by atoms with Gasteiger partial charge in [0.05, 0.1) is 5.52 Å². The maximum absolute atomic E-state index is 12.2. The summed E-state index contributed by atoms with van der Waals surface area (Å²) in [5.74, 6) is 1.62. The number of rotatable bonds is 2. The highest BCUT2D eigenvalue weighted by molar-refractivity contribution is 6.10. The second-order valence-corrected chi connectivity index (χ2v) is 5.62. The van der Waals surface area contributed by atoms with Crippen molar-refractivity contribution in [1.82, 2.24) is 4.98 Å². The summed E-state index contributed by atoms with van der Waals surface area (Å²) < 4.78 is 0. The average Bonchev–Trinajstić information content (AvgIpc) is 3.08. The molecule has 114 valence electrons. The van der Waals surface area contributed by atoms with Gasteiger partial charge in [0.1, 0.15) is 0 Å². The number of terminal acetylenes is 1. The Morgan fingerprint density at radius 1 is 1.43 bits per heavy atom. The molecule has 0 aliphatic heterocycles. The molecule has 0 atom stereocenters. The number of hydrogen-bond acceptors (Lipinski definition) is 2. The number of hydrogen-bond donors (Lipinski definition) is 1. The Morgan fingerprint density at radius 2 is 2.26 bits per heavy atom. The van der Waals surface area contributed by atoms with Gasteiger partial charge in [-0.05, 0) is 67.0 Å². The van der Waals surface area contributed by atoms with Gasteiger partial charge in [0.25, 0.3) is 5.91 Å². The molecule has 0 saturated carbocycles. The van der Waals surface area contributed by atoms with E-state index >= 15 is 0 Å². The highest BCUT2D eigenvalue weighted by Crippen LogP contribution is 2.33. The number of pyridine rings is 1. The van der Waals surface area contributed by atoms with Crippen molar-refractivity contribution in [3.8, 4) is 12.3 Å². The summed E-state index contributed by atoms with van der Waals surface area (Å²) in [4.78, 5) is 20.4. The number of amidine groups is 1. The van der Waals surface area contributed by atoms with E-state index in [-0.39, 0.29) is 5.84 Å². The molecule has 0 radical (unpaired) electrons. The van der Waals surface area contributed by atoms with Crippen LogP contribution >= 0.6 is 0 Å². The first-order valence-electron chi connectivity index (χ1n) is 7.54. The number of benzene rings is 1. The van der Waals surface area contributed by atoms with Crippen LogP contribution in [0.15, 0.2) is 35.5 Å². The average molecular weight is 303 g/mol. The second kappa shape index (κ2) is 6.05. The summed E-state index contributed by atoms with van der Waals surface area (Å²) >= 11 is 0. The van der Waals surface area contributed by atoms with Gasteiger partial charge in [-0.1, -0.05) is 6.08 Å². The molecule has 2 aromatic rings. The van der Waals surface area contributed by atoms with E-state index < -0.39 is 5.91 Å². The van der Waals surface area contributed by atoms with E-state index in [4.69, 9.17) is 12.2 Å². The number of carbonyl (C=O) groups is 1. The third kappa shape index (κ3) is 2.86. The Morgan fingerprint density at radius 3 is 2.96 bits per heavy atom. The molecule has 1 heterocycles. The molecule has 1 aromatic heterocycles. The van der Waals surface area contributed by atoms with Gasteiger partial charge in [-0.15, -0.1) is 6.42 Å². The smallest absolute Gasteiger partial charge is 0.279 e. The molecule has 4 nitrogen and oxygen atoms in total.